The Balaban J connectivity index is 3.77. The van der Waals surface area contributed by atoms with Gasteiger partial charge in [0.15, 0.2) is 0 Å². The zero-order chi connectivity index (χ0) is 9.07. The van der Waals surface area contributed by atoms with Crippen LogP contribution in [0.25, 0.3) is 0 Å². The fraction of sp³-hybridized carbons (Fsp3) is 1.00. The largest absolute Gasteiger partial charge is 0.316 e. The molecule has 0 heterocycles. The van der Waals surface area contributed by atoms with E-state index in [0.29, 0.717) is 6.04 Å². The van der Waals surface area contributed by atoms with Crippen LogP contribution in [-0.4, -0.2) is 37.1 Å². The van der Waals surface area contributed by atoms with E-state index >= 15 is 0 Å². The maximum absolute atomic E-state index is 3.23. The van der Waals surface area contributed by atoms with Gasteiger partial charge >= 0.3 is 0 Å². The Morgan fingerprint density at radius 2 is 1.82 bits per heavy atom. The van der Waals surface area contributed by atoms with Crippen molar-refractivity contribution >= 4 is 0 Å². The predicted molar refractivity (Wildman–Crippen MR) is 50.9 cm³/mol. The molecule has 0 aliphatic rings. The molecule has 68 valence electrons. The molecule has 0 spiro atoms. The van der Waals surface area contributed by atoms with E-state index in [0.717, 1.165) is 6.54 Å². The van der Waals surface area contributed by atoms with Gasteiger partial charge < -0.3 is 5.32 Å². The van der Waals surface area contributed by atoms with E-state index in [1.54, 1.807) is 0 Å². The Hall–Kier alpha value is -0.0800. The fourth-order valence-corrected chi connectivity index (χ4v) is 0.776. The van der Waals surface area contributed by atoms with Crippen molar-refractivity contribution in [3.8, 4) is 0 Å². The fourth-order valence-electron chi connectivity index (χ4n) is 0.776. The summed E-state index contributed by atoms with van der Waals surface area (Å²) in [6, 6.07) is 0.569. The van der Waals surface area contributed by atoms with Gasteiger partial charge in [0.1, 0.15) is 0 Å². The van der Waals surface area contributed by atoms with Crippen molar-refractivity contribution in [2.45, 2.75) is 39.3 Å². The molecule has 0 bridgehead atoms. The summed E-state index contributed by atoms with van der Waals surface area (Å²) < 4.78 is 0. The third kappa shape index (κ3) is 4.38. The molecule has 1 atom stereocenters. The second-order valence-electron chi connectivity index (χ2n) is 4.24. The molecule has 0 aliphatic heterocycles. The molecule has 11 heavy (non-hydrogen) atoms. The Morgan fingerprint density at radius 3 is 2.09 bits per heavy atom. The van der Waals surface area contributed by atoms with Crippen LogP contribution >= 0.6 is 0 Å². The lowest BCUT2D eigenvalue weighted by Crippen LogP contribution is -2.45. The summed E-state index contributed by atoms with van der Waals surface area (Å²) in [5, 5.41) is 3.23. The smallest absolute Gasteiger partial charge is 0.0163 e. The van der Waals surface area contributed by atoms with Crippen molar-refractivity contribution < 1.29 is 0 Å². The number of nitrogens with zero attached hydrogens (tertiary/aromatic N) is 1. The minimum atomic E-state index is 0.283. The van der Waals surface area contributed by atoms with Crippen LogP contribution in [-0.2, 0) is 0 Å². The van der Waals surface area contributed by atoms with Gasteiger partial charge in [-0.3, -0.25) is 4.90 Å². The van der Waals surface area contributed by atoms with Crippen LogP contribution in [0.15, 0.2) is 0 Å². The van der Waals surface area contributed by atoms with Gasteiger partial charge in [-0.1, -0.05) is 0 Å². The Kier molecular flexibility index (Phi) is 4.04. The number of rotatable bonds is 3. The molecule has 1 N–H and O–H groups in total. The van der Waals surface area contributed by atoms with Gasteiger partial charge in [-0.2, -0.15) is 0 Å². The zero-order valence-electron chi connectivity index (χ0n) is 8.73. The number of hydrogen-bond donors (Lipinski definition) is 1. The van der Waals surface area contributed by atoms with Crippen molar-refractivity contribution in [3.05, 3.63) is 0 Å². The molecule has 0 aliphatic carbocycles. The zero-order valence-corrected chi connectivity index (χ0v) is 8.73. The highest BCUT2D eigenvalue weighted by atomic mass is 15.2. The Bertz CT molecular complexity index is 105. The van der Waals surface area contributed by atoms with Crippen LogP contribution in [0.2, 0.25) is 0 Å². The first-order chi connectivity index (χ1) is 4.88. The summed E-state index contributed by atoms with van der Waals surface area (Å²) in [4.78, 5) is 2.36. The van der Waals surface area contributed by atoms with Crippen molar-refractivity contribution in [1.29, 1.82) is 0 Å². The molecule has 0 fully saturated rings. The Morgan fingerprint density at radius 1 is 1.36 bits per heavy atom. The van der Waals surface area contributed by atoms with E-state index in [-0.39, 0.29) is 5.54 Å². The minimum Gasteiger partial charge on any atom is -0.316 e. The van der Waals surface area contributed by atoms with E-state index in [4.69, 9.17) is 0 Å². The normalized spacial score (nSPS) is 15.5. The molecule has 0 rings (SSSR count). The number of hydrogen-bond acceptors (Lipinski definition) is 2. The first-order valence-corrected chi connectivity index (χ1v) is 4.26. The van der Waals surface area contributed by atoms with Crippen LogP contribution in [0.4, 0.5) is 0 Å². The summed E-state index contributed by atoms with van der Waals surface area (Å²) in [6.45, 7) is 9.99. The second-order valence-corrected chi connectivity index (χ2v) is 4.24. The van der Waals surface area contributed by atoms with Gasteiger partial charge in [0, 0.05) is 18.1 Å². The first kappa shape index (κ1) is 10.9. The van der Waals surface area contributed by atoms with E-state index in [1.165, 1.54) is 0 Å². The second kappa shape index (κ2) is 4.07. The molecule has 1 unspecified atom stereocenters. The van der Waals surface area contributed by atoms with Crippen LogP contribution in [0, 0.1) is 0 Å². The van der Waals surface area contributed by atoms with Crippen molar-refractivity contribution in [3.63, 3.8) is 0 Å². The molecular formula is C9H22N2. The van der Waals surface area contributed by atoms with E-state index < -0.39 is 0 Å². The first-order valence-electron chi connectivity index (χ1n) is 4.26. The average molecular weight is 158 g/mol. The number of likely N-dealkylation sites (N-methyl/N-ethyl adjacent to an activating group) is 2. The lowest BCUT2D eigenvalue weighted by molar-refractivity contribution is 0.162. The lowest BCUT2D eigenvalue weighted by Gasteiger charge is -2.33. The molecule has 0 amide bonds. The Labute approximate surface area is 71.0 Å². The van der Waals surface area contributed by atoms with Gasteiger partial charge in [-0.25, -0.2) is 0 Å². The summed E-state index contributed by atoms with van der Waals surface area (Å²) >= 11 is 0. The van der Waals surface area contributed by atoms with Crippen LogP contribution in [0.3, 0.4) is 0 Å². The molecule has 0 radical (unpaired) electrons. The monoisotopic (exact) mass is 158 g/mol. The highest BCUT2D eigenvalue weighted by Crippen LogP contribution is 2.09. The summed E-state index contributed by atoms with van der Waals surface area (Å²) in [6.07, 6.45) is 0. The minimum absolute atomic E-state index is 0.283. The standard InChI is InChI=1S/C9H22N2/c1-8(10-5)7-11(6)9(2,3)4/h8,10H,7H2,1-6H3. The summed E-state index contributed by atoms with van der Waals surface area (Å²) in [5.74, 6) is 0. The molecule has 0 aromatic rings. The van der Waals surface area contributed by atoms with Gasteiger partial charge in [-0.15, -0.1) is 0 Å². The third-order valence-electron chi connectivity index (χ3n) is 2.19. The molecular weight excluding hydrogens is 136 g/mol. The highest BCUT2D eigenvalue weighted by molar-refractivity contribution is 4.75. The topological polar surface area (TPSA) is 15.3 Å². The van der Waals surface area contributed by atoms with Gasteiger partial charge in [-0.05, 0) is 41.8 Å². The van der Waals surface area contributed by atoms with Crippen molar-refractivity contribution in [1.82, 2.24) is 10.2 Å². The maximum Gasteiger partial charge on any atom is 0.0163 e. The SMILES string of the molecule is CNC(C)CN(C)C(C)(C)C. The maximum atomic E-state index is 3.23. The molecule has 0 saturated carbocycles. The molecule has 2 nitrogen and oxygen atoms in total. The van der Waals surface area contributed by atoms with Gasteiger partial charge in [0.25, 0.3) is 0 Å². The molecule has 0 aromatic heterocycles. The third-order valence-corrected chi connectivity index (χ3v) is 2.19. The van der Waals surface area contributed by atoms with E-state index in [2.05, 4.69) is 45.0 Å². The quantitative estimate of drug-likeness (QED) is 0.666. The van der Waals surface area contributed by atoms with Crippen molar-refractivity contribution in [2.75, 3.05) is 20.6 Å². The summed E-state index contributed by atoms with van der Waals surface area (Å²) in [7, 11) is 4.16. The molecule has 2 heteroatoms. The molecule has 0 saturated heterocycles. The van der Waals surface area contributed by atoms with Crippen LogP contribution < -0.4 is 5.32 Å². The molecule has 0 aromatic carbocycles. The average Bonchev–Trinajstić information content (AvgIpc) is 1.85. The highest BCUT2D eigenvalue weighted by Gasteiger charge is 2.17. The number of nitrogens with one attached hydrogen (secondary N) is 1. The van der Waals surface area contributed by atoms with E-state index in [1.807, 2.05) is 7.05 Å². The van der Waals surface area contributed by atoms with Crippen LogP contribution in [0.1, 0.15) is 27.7 Å². The lowest BCUT2D eigenvalue weighted by atomic mass is 10.1. The van der Waals surface area contributed by atoms with Gasteiger partial charge in [0.2, 0.25) is 0 Å². The predicted octanol–water partition coefficient (Wildman–Crippen LogP) is 1.32. The van der Waals surface area contributed by atoms with Gasteiger partial charge in [0.05, 0.1) is 0 Å². The van der Waals surface area contributed by atoms with Crippen LogP contribution in [0.5, 0.6) is 0 Å². The summed E-state index contributed by atoms with van der Waals surface area (Å²) in [5.41, 5.74) is 0.283. The van der Waals surface area contributed by atoms with Crippen molar-refractivity contribution in [2.24, 2.45) is 0 Å². The van der Waals surface area contributed by atoms with E-state index in [9.17, 15) is 0 Å².